The molecule has 0 saturated heterocycles. The van der Waals surface area contributed by atoms with E-state index < -0.39 is 0 Å². The van der Waals surface area contributed by atoms with Crippen LogP contribution in [0.3, 0.4) is 0 Å². The molecule has 0 bridgehead atoms. The van der Waals surface area contributed by atoms with Gasteiger partial charge >= 0.3 is 0 Å². The molecule has 2 aliphatic carbocycles. The second-order valence-corrected chi connectivity index (χ2v) is 5.41. The van der Waals surface area contributed by atoms with Crippen molar-refractivity contribution < 1.29 is 9.59 Å². The summed E-state index contributed by atoms with van der Waals surface area (Å²) < 4.78 is 0. The third-order valence-corrected chi connectivity index (χ3v) is 4.27. The fourth-order valence-corrected chi connectivity index (χ4v) is 3.22. The zero-order chi connectivity index (χ0) is 12.7. The minimum absolute atomic E-state index is 0.0459. The Morgan fingerprint density at radius 1 is 1.11 bits per heavy atom. The molecule has 2 unspecified atom stereocenters. The summed E-state index contributed by atoms with van der Waals surface area (Å²) in [5, 5.41) is 2.95. The lowest BCUT2D eigenvalue weighted by atomic mass is 10.1. The average molecular weight is 243 g/mol. The largest absolute Gasteiger partial charge is 0.326 e. The maximum absolute atomic E-state index is 12.0. The van der Waals surface area contributed by atoms with Crippen LogP contribution < -0.4 is 5.32 Å². The van der Waals surface area contributed by atoms with Gasteiger partial charge in [0, 0.05) is 17.2 Å². The first kappa shape index (κ1) is 11.5. The summed E-state index contributed by atoms with van der Waals surface area (Å²) in [4.78, 5) is 23.2. The lowest BCUT2D eigenvalue weighted by Crippen LogP contribution is -2.16. The quantitative estimate of drug-likeness (QED) is 0.830. The van der Waals surface area contributed by atoms with Gasteiger partial charge in [0.2, 0.25) is 5.91 Å². The number of benzene rings is 1. The fourth-order valence-electron chi connectivity index (χ4n) is 3.22. The van der Waals surface area contributed by atoms with E-state index in [1.807, 2.05) is 0 Å². The van der Waals surface area contributed by atoms with Gasteiger partial charge in [0.05, 0.1) is 0 Å². The molecule has 3 rings (SSSR count). The summed E-state index contributed by atoms with van der Waals surface area (Å²) in [5.74, 6) is 1.72. The summed E-state index contributed by atoms with van der Waals surface area (Å²) >= 11 is 0. The van der Waals surface area contributed by atoms with E-state index in [1.165, 1.54) is 19.3 Å². The smallest absolute Gasteiger partial charge is 0.228 e. The van der Waals surface area contributed by atoms with E-state index in [2.05, 4.69) is 5.32 Å². The minimum atomic E-state index is 0.0459. The second kappa shape index (κ2) is 4.23. The van der Waals surface area contributed by atoms with E-state index in [9.17, 15) is 9.59 Å². The predicted molar refractivity (Wildman–Crippen MR) is 69.4 cm³/mol. The molecule has 2 saturated carbocycles. The number of nitrogens with one attached hydrogen (secondary N) is 1. The standard InChI is InChI=1S/C15H17NO2/c1-9(17)10-5-7-11(8-6-10)16-15(18)14-12-3-2-4-13(12)14/h5-8,12-14H,2-4H2,1H3,(H,16,18). The van der Waals surface area contributed by atoms with Gasteiger partial charge in [-0.3, -0.25) is 9.59 Å². The normalized spacial score (nSPS) is 28.6. The molecule has 1 N–H and O–H groups in total. The van der Waals surface area contributed by atoms with Crippen LogP contribution in [-0.2, 0) is 4.79 Å². The molecule has 1 amide bonds. The molecule has 0 spiro atoms. The summed E-state index contributed by atoms with van der Waals surface area (Å²) in [6, 6.07) is 7.11. The molecule has 2 fully saturated rings. The lowest BCUT2D eigenvalue weighted by molar-refractivity contribution is -0.118. The van der Waals surface area contributed by atoms with Crippen LogP contribution in [0.1, 0.15) is 36.5 Å². The zero-order valence-electron chi connectivity index (χ0n) is 10.5. The number of carbonyl (C=O) groups is 2. The van der Waals surface area contributed by atoms with E-state index in [1.54, 1.807) is 31.2 Å². The van der Waals surface area contributed by atoms with Gasteiger partial charge in [-0.1, -0.05) is 6.42 Å². The van der Waals surface area contributed by atoms with Crippen LogP contribution in [0.25, 0.3) is 0 Å². The van der Waals surface area contributed by atoms with Crippen LogP contribution in [0.15, 0.2) is 24.3 Å². The highest BCUT2D eigenvalue weighted by atomic mass is 16.2. The predicted octanol–water partition coefficient (Wildman–Crippen LogP) is 2.87. The molecule has 1 aromatic rings. The summed E-state index contributed by atoms with van der Waals surface area (Å²) in [7, 11) is 0. The number of rotatable bonds is 3. The number of anilines is 1. The number of ketones is 1. The highest BCUT2D eigenvalue weighted by Gasteiger charge is 2.56. The van der Waals surface area contributed by atoms with Gasteiger partial charge in [0.15, 0.2) is 5.78 Å². The molecule has 3 nitrogen and oxygen atoms in total. The number of fused-ring (bicyclic) bond motifs is 1. The summed E-state index contributed by atoms with van der Waals surface area (Å²) in [6.45, 7) is 1.54. The summed E-state index contributed by atoms with van der Waals surface area (Å²) in [5.41, 5.74) is 1.46. The van der Waals surface area contributed by atoms with Crippen molar-refractivity contribution >= 4 is 17.4 Å². The van der Waals surface area contributed by atoms with E-state index in [0.717, 1.165) is 5.69 Å². The highest BCUT2D eigenvalue weighted by molar-refractivity contribution is 5.97. The average Bonchev–Trinajstić information content (AvgIpc) is 2.84. The number of amides is 1. The molecule has 2 atom stereocenters. The van der Waals surface area contributed by atoms with Crippen LogP contribution in [0.2, 0.25) is 0 Å². The minimum Gasteiger partial charge on any atom is -0.326 e. The highest BCUT2D eigenvalue weighted by Crippen LogP contribution is 2.57. The Labute approximate surface area is 107 Å². The first-order valence-electron chi connectivity index (χ1n) is 6.58. The van der Waals surface area contributed by atoms with E-state index in [4.69, 9.17) is 0 Å². The van der Waals surface area contributed by atoms with Crippen LogP contribution in [0.4, 0.5) is 5.69 Å². The second-order valence-electron chi connectivity index (χ2n) is 5.41. The number of carbonyl (C=O) groups excluding carboxylic acids is 2. The Morgan fingerprint density at radius 2 is 1.72 bits per heavy atom. The van der Waals surface area contributed by atoms with E-state index in [-0.39, 0.29) is 17.6 Å². The molecular formula is C15H17NO2. The van der Waals surface area contributed by atoms with Crippen molar-refractivity contribution in [2.75, 3.05) is 5.32 Å². The first-order chi connectivity index (χ1) is 8.66. The molecule has 18 heavy (non-hydrogen) atoms. The third kappa shape index (κ3) is 1.94. The SMILES string of the molecule is CC(=O)c1ccc(NC(=O)C2C3CCCC32)cc1. The van der Waals surface area contributed by atoms with Crippen molar-refractivity contribution in [3.63, 3.8) is 0 Å². The van der Waals surface area contributed by atoms with Crippen LogP contribution >= 0.6 is 0 Å². The molecular weight excluding hydrogens is 226 g/mol. The van der Waals surface area contributed by atoms with Crippen LogP contribution in [0, 0.1) is 17.8 Å². The fraction of sp³-hybridized carbons (Fsp3) is 0.467. The van der Waals surface area contributed by atoms with E-state index in [0.29, 0.717) is 17.4 Å². The first-order valence-corrected chi connectivity index (χ1v) is 6.58. The lowest BCUT2D eigenvalue weighted by Gasteiger charge is -2.07. The van der Waals surface area contributed by atoms with Gasteiger partial charge < -0.3 is 5.32 Å². The molecule has 2 aliphatic rings. The maximum atomic E-state index is 12.0. The van der Waals surface area contributed by atoms with E-state index >= 15 is 0 Å². The van der Waals surface area contributed by atoms with Gasteiger partial charge in [-0.2, -0.15) is 0 Å². The Morgan fingerprint density at radius 3 is 2.28 bits per heavy atom. The molecule has 0 aliphatic heterocycles. The van der Waals surface area contributed by atoms with Crippen molar-refractivity contribution in [1.82, 2.24) is 0 Å². The van der Waals surface area contributed by atoms with Gasteiger partial charge in [-0.05, 0) is 55.9 Å². The van der Waals surface area contributed by atoms with Crippen LogP contribution in [-0.4, -0.2) is 11.7 Å². The van der Waals surface area contributed by atoms with Crippen LogP contribution in [0.5, 0.6) is 0 Å². The maximum Gasteiger partial charge on any atom is 0.228 e. The van der Waals surface area contributed by atoms with Gasteiger partial charge in [-0.15, -0.1) is 0 Å². The summed E-state index contributed by atoms with van der Waals surface area (Å²) in [6.07, 6.45) is 3.71. The molecule has 1 aromatic carbocycles. The molecule has 94 valence electrons. The Balaban J connectivity index is 1.62. The number of hydrogen-bond donors (Lipinski definition) is 1. The Kier molecular flexibility index (Phi) is 2.69. The molecule has 3 heteroatoms. The zero-order valence-corrected chi connectivity index (χ0v) is 10.5. The molecule has 0 radical (unpaired) electrons. The van der Waals surface area contributed by atoms with Crippen molar-refractivity contribution in [2.24, 2.45) is 17.8 Å². The van der Waals surface area contributed by atoms with Crippen molar-refractivity contribution in [3.8, 4) is 0 Å². The van der Waals surface area contributed by atoms with Crippen molar-refractivity contribution in [3.05, 3.63) is 29.8 Å². The monoisotopic (exact) mass is 243 g/mol. The number of Topliss-reactive ketones (excluding diaryl/α,β-unsaturated/α-hetero) is 1. The third-order valence-electron chi connectivity index (χ3n) is 4.27. The Bertz CT molecular complexity index is 482. The van der Waals surface area contributed by atoms with Gasteiger partial charge in [0.25, 0.3) is 0 Å². The molecule has 0 aromatic heterocycles. The van der Waals surface area contributed by atoms with Crippen molar-refractivity contribution in [1.29, 1.82) is 0 Å². The van der Waals surface area contributed by atoms with Gasteiger partial charge in [-0.25, -0.2) is 0 Å². The molecule has 0 heterocycles. The Hall–Kier alpha value is -1.64. The van der Waals surface area contributed by atoms with Gasteiger partial charge in [0.1, 0.15) is 0 Å². The topological polar surface area (TPSA) is 46.2 Å². The van der Waals surface area contributed by atoms with Crippen molar-refractivity contribution in [2.45, 2.75) is 26.2 Å². The number of hydrogen-bond acceptors (Lipinski definition) is 2.